The van der Waals surface area contributed by atoms with Gasteiger partial charge in [0, 0.05) is 12.6 Å². The van der Waals surface area contributed by atoms with E-state index in [0.29, 0.717) is 18.7 Å². The predicted molar refractivity (Wildman–Crippen MR) is 56.6 cm³/mol. The number of halogens is 1. The number of likely N-dealkylation sites (N-methyl/N-ethyl adjacent to an activating group) is 1. The number of rotatable bonds is 6. The standard InChI is InChI=1S/C10H13FN2O3/c1-12-2-3-16-7-8-4-9(11)6-10(5-8)13(14)15/h4-6,12H,2-3,7H2,1H3. The molecule has 1 aromatic carbocycles. The number of non-ortho nitro benzene ring substituents is 1. The lowest BCUT2D eigenvalue weighted by Gasteiger charge is -2.04. The van der Waals surface area contributed by atoms with Gasteiger partial charge in [-0.2, -0.15) is 0 Å². The molecule has 0 unspecified atom stereocenters. The van der Waals surface area contributed by atoms with Gasteiger partial charge in [0.05, 0.1) is 24.2 Å². The van der Waals surface area contributed by atoms with E-state index in [1.807, 2.05) is 0 Å². The van der Waals surface area contributed by atoms with E-state index in [0.717, 1.165) is 6.07 Å². The van der Waals surface area contributed by atoms with Crippen LogP contribution in [0.4, 0.5) is 10.1 Å². The minimum absolute atomic E-state index is 0.167. The number of hydrogen-bond donors (Lipinski definition) is 1. The quantitative estimate of drug-likeness (QED) is 0.455. The van der Waals surface area contributed by atoms with Gasteiger partial charge in [-0.05, 0) is 18.7 Å². The highest BCUT2D eigenvalue weighted by molar-refractivity contribution is 5.34. The van der Waals surface area contributed by atoms with Crippen LogP contribution < -0.4 is 5.32 Å². The lowest BCUT2D eigenvalue weighted by Crippen LogP contribution is -2.14. The molecule has 1 rings (SSSR count). The van der Waals surface area contributed by atoms with E-state index >= 15 is 0 Å². The highest BCUT2D eigenvalue weighted by Gasteiger charge is 2.09. The Morgan fingerprint density at radius 3 is 2.88 bits per heavy atom. The van der Waals surface area contributed by atoms with E-state index in [4.69, 9.17) is 4.74 Å². The van der Waals surface area contributed by atoms with Crippen LogP contribution in [0.3, 0.4) is 0 Å². The van der Waals surface area contributed by atoms with E-state index in [1.165, 1.54) is 12.1 Å². The third-order valence-electron chi connectivity index (χ3n) is 1.92. The Hall–Kier alpha value is -1.53. The minimum atomic E-state index is -0.625. The number of ether oxygens (including phenoxy) is 1. The van der Waals surface area contributed by atoms with Crippen molar-refractivity contribution in [1.82, 2.24) is 5.32 Å². The molecule has 0 aliphatic carbocycles. The second-order valence-electron chi connectivity index (χ2n) is 3.23. The first-order chi connectivity index (χ1) is 7.63. The molecule has 0 aliphatic heterocycles. The predicted octanol–water partition coefficient (Wildman–Crippen LogP) is 1.47. The Labute approximate surface area is 92.4 Å². The van der Waals surface area contributed by atoms with Crippen LogP contribution in [0.1, 0.15) is 5.56 Å². The van der Waals surface area contributed by atoms with E-state index in [-0.39, 0.29) is 12.3 Å². The number of nitrogens with one attached hydrogen (secondary N) is 1. The van der Waals surface area contributed by atoms with Crippen LogP contribution in [0, 0.1) is 15.9 Å². The first-order valence-electron chi connectivity index (χ1n) is 4.79. The van der Waals surface area contributed by atoms with E-state index in [9.17, 15) is 14.5 Å². The zero-order valence-corrected chi connectivity index (χ0v) is 8.90. The first kappa shape index (κ1) is 12.5. The summed E-state index contributed by atoms with van der Waals surface area (Å²) in [7, 11) is 1.79. The van der Waals surface area contributed by atoms with Gasteiger partial charge in [-0.1, -0.05) is 0 Å². The number of nitro benzene ring substituents is 1. The maximum absolute atomic E-state index is 13.0. The van der Waals surface area contributed by atoms with E-state index in [1.54, 1.807) is 7.05 Å². The molecule has 0 atom stereocenters. The molecule has 0 saturated carbocycles. The van der Waals surface area contributed by atoms with Crippen LogP contribution in [0.15, 0.2) is 18.2 Å². The van der Waals surface area contributed by atoms with Crippen LogP contribution in [0.25, 0.3) is 0 Å². The Bertz CT molecular complexity index is 371. The molecule has 0 radical (unpaired) electrons. The fraction of sp³-hybridized carbons (Fsp3) is 0.400. The van der Waals surface area contributed by atoms with Crippen molar-refractivity contribution < 1.29 is 14.1 Å². The molecule has 6 heteroatoms. The van der Waals surface area contributed by atoms with Gasteiger partial charge in [-0.15, -0.1) is 0 Å². The van der Waals surface area contributed by atoms with Crippen molar-refractivity contribution in [2.75, 3.05) is 20.2 Å². The second-order valence-corrected chi connectivity index (χ2v) is 3.23. The van der Waals surface area contributed by atoms with Crippen molar-refractivity contribution in [3.63, 3.8) is 0 Å². The maximum atomic E-state index is 13.0. The van der Waals surface area contributed by atoms with Crippen LogP contribution >= 0.6 is 0 Å². The zero-order valence-electron chi connectivity index (χ0n) is 8.90. The summed E-state index contributed by atoms with van der Waals surface area (Å²) < 4.78 is 18.2. The molecular weight excluding hydrogens is 215 g/mol. The summed E-state index contributed by atoms with van der Waals surface area (Å²) in [6, 6.07) is 3.42. The third kappa shape index (κ3) is 3.92. The molecule has 0 bridgehead atoms. The van der Waals surface area contributed by atoms with E-state index < -0.39 is 10.7 Å². The van der Waals surface area contributed by atoms with E-state index in [2.05, 4.69) is 5.32 Å². The average molecular weight is 228 g/mol. The normalized spacial score (nSPS) is 10.4. The number of hydrogen-bond acceptors (Lipinski definition) is 4. The summed E-state index contributed by atoms with van der Waals surface area (Å²) in [5.41, 5.74) is 0.204. The lowest BCUT2D eigenvalue weighted by molar-refractivity contribution is -0.385. The van der Waals surface area contributed by atoms with Crippen molar-refractivity contribution >= 4 is 5.69 Å². The van der Waals surface area contributed by atoms with Crippen molar-refractivity contribution in [2.45, 2.75) is 6.61 Å². The van der Waals surface area contributed by atoms with Gasteiger partial charge in [0.25, 0.3) is 5.69 Å². The van der Waals surface area contributed by atoms with Gasteiger partial charge in [0.2, 0.25) is 0 Å². The van der Waals surface area contributed by atoms with Crippen LogP contribution in [0.5, 0.6) is 0 Å². The van der Waals surface area contributed by atoms with Crippen molar-refractivity contribution in [3.05, 3.63) is 39.7 Å². The third-order valence-corrected chi connectivity index (χ3v) is 1.92. The van der Waals surface area contributed by atoms with Crippen molar-refractivity contribution in [3.8, 4) is 0 Å². The van der Waals surface area contributed by atoms with Gasteiger partial charge in [0.1, 0.15) is 5.82 Å². The number of benzene rings is 1. The molecular formula is C10H13FN2O3. The number of nitrogens with zero attached hydrogens (tertiary/aromatic N) is 1. The van der Waals surface area contributed by atoms with Gasteiger partial charge >= 0.3 is 0 Å². The summed E-state index contributed by atoms with van der Waals surface area (Å²) >= 11 is 0. The molecule has 88 valence electrons. The Kier molecular flexibility index (Phi) is 4.81. The van der Waals surface area contributed by atoms with Crippen LogP contribution in [-0.2, 0) is 11.3 Å². The van der Waals surface area contributed by atoms with Crippen LogP contribution in [-0.4, -0.2) is 25.1 Å². The average Bonchev–Trinajstić information content (AvgIpc) is 2.23. The topological polar surface area (TPSA) is 64.4 Å². The monoisotopic (exact) mass is 228 g/mol. The molecule has 5 nitrogen and oxygen atoms in total. The molecule has 0 spiro atoms. The van der Waals surface area contributed by atoms with Gasteiger partial charge in [0.15, 0.2) is 0 Å². The molecule has 16 heavy (non-hydrogen) atoms. The zero-order chi connectivity index (χ0) is 12.0. The number of nitro groups is 1. The molecule has 0 amide bonds. The summed E-state index contributed by atoms with van der Waals surface area (Å²) in [5, 5.41) is 13.4. The van der Waals surface area contributed by atoms with Crippen LogP contribution in [0.2, 0.25) is 0 Å². The second kappa shape index (κ2) is 6.14. The SMILES string of the molecule is CNCCOCc1cc(F)cc([N+](=O)[O-])c1. The highest BCUT2D eigenvalue weighted by atomic mass is 19.1. The molecule has 0 fully saturated rings. The summed E-state index contributed by atoms with van der Waals surface area (Å²) in [6.07, 6.45) is 0. The van der Waals surface area contributed by atoms with Crippen molar-refractivity contribution in [1.29, 1.82) is 0 Å². The first-order valence-corrected chi connectivity index (χ1v) is 4.79. The van der Waals surface area contributed by atoms with Gasteiger partial charge in [-0.25, -0.2) is 4.39 Å². The molecule has 1 aromatic rings. The Morgan fingerprint density at radius 2 is 2.25 bits per heavy atom. The Balaban J connectivity index is 2.62. The van der Waals surface area contributed by atoms with Gasteiger partial charge in [-0.3, -0.25) is 10.1 Å². The molecule has 0 aliphatic rings. The summed E-state index contributed by atoms with van der Waals surface area (Å²) in [6.45, 7) is 1.32. The lowest BCUT2D eigenvalue weighted by atomic mass is 10.2. The largest absolute Gasteiger partial charge is 0.375 e. The maximum Gasteiger partial charge on any atom is 0.272 e. The molecule has 0 saturated heterocycles. The summed E-state index contributed by atoms with van der Waals surface area (Å²) in [5.74, 6) is -0.624. The smallest absolute Gasteiger partial charge is 0.272 e. The molecule has 1 N–H and O–H groups in total. The molecule has 0 heterocycles. The fourth-order valence-electron chi connectivity index (χ4n) is 1.19. The Morgan fingerprint density at radius 1 is 1.50 bits per heavy atom. The highest BCUT2D eigenvalue weighted by Crippen LogP contribution is 2.16. The fourth-order valence-corrected chi connectivity index (χ4v) is 1.19. The minimum Gasteiger partial charge on any atom is -0.375 e. The van der Waals surface area contributed by atoms with Gasteiger partial charge < -0.3 is 10.1 Å². The molecule has 0 aromatic heterocycles. The van der Waals surface area contributed by atoms with Crippen molar-refractivity contribution in [2.24, 2.45) is 0 Å². The summed E-state index contributed by atoms with van der Waals surface area (Å²) in [4.78, 5) is 9.84.